The maximum absolute atomic E-state index is 12.6. The van der Waals surface area contributed by atoms with Crippen molar-refractivity contribution in [2.45, 2.75) is 134 Å². The summed E-state index contributed by atoms with van der Waals surface area (Å²) in [6.07, 6.45) is 12.5. The summed E-state index contributed by atoms with van der Waals surface area (Å²) in [6.45, 7) is 3.26. The summed E-state index contributed by atoms with van der Waals surface area (Å²) < 4.78 is 31.2. The van der Waals surface area contributed by atoms with E-state index in [1.807, 2.05) is 0 Å². The molecule has 2 atom stereocenters. The van der Waals surface area contributed by atoms with E-state index in [-0.39, 0.29) is 6.42 Å². The van der Waals surface area contributed by atoms with Crippen LogP contribution in [0.15, 0.2) is 0 Å². The van der Waals surface area contributed by atoms with Crippen LogP contribution in [-0.4, -0.2) is 57.0 Å². The highest BCUT2D eigenvalue weighted by molar-refractivity contribution is 7.88. The fraction of sp³-hybridized carbons (Fsp3) is 0.846. The minimum Gasteiger partial charge on any atom is -0.480 e. The molecular formula is C26H47NO10S. The summed E-state index contributed by atoms with van der Waals surface area (Å²) in [6, 6.07) is 0. The lowest BCUT2D eigenvalue weighted by Crippen LogP contribution is -2.68. The topological polar surface area (TPSA) is 195 Å². The minimum atomic E-state index is -5.68. The Morgan fingerprint density at radius 1 is 0.632 bits per heavy atom. The van der Waals surface area contributed by atoms with Gasteiger partial charge in [0, 0.05) is 0 Å². The van der Waals surface area contributed by atoms with E-state index < -0.39 is 57.1 Å². The normalized spacial score (nSPS) is 14.8. The zero-order valence-corrected chi connectivity index (χ0v) is 23.7. The lowest BCUT2D eigenvalue weighted by molar-refractivity contribution is -0.167. The summed E-state index contributed by atoms with van der Waals surface area (Å²) in [4.78, 5) is 48.0. The van der Waals surface area contributed by atoms with E-state index in [4.69, 9.17) is 5.11 Å². The second-order valence-electron chi connectivity index (χ2n) is 9.98. The predicted molar refractivity (Wildman–Crippen MR) is 143 cm³/mol. The SMILES string of the molecule is CCCCCCCCCCCCCCCCCCC(C(=O)O)(C(CC)(C(=O)O)C(=O)NC(=O)O)S(=O)(=O)O. The van der Waals surface area contributed by atoms with Gasteiger partial charge in [-0.3, -0.25) is 24.3 Å². The first-order chi connectivity index (χ1) is 17.8. The smallest absolute Gasteiger partial charge is 0.411 e. The molecule has 0 aromatic rings. The number of imide groups is 1. The van der Waals surface area contributed by atoms with Gasteiger partial charge in [-0.15, -0.1) is 0 Å². The van der Waals surface area contributed by atoms with Gasteiger partial charge in [0.25, 0.3) is 10.1 Å². The number of unbranched alkanes of at least 4 members (excludes halogenated alkanes) is 15. The third kappa shape index (κ3) is 10.2. The maximum atomic E-state index is 12.6. The first-order valence-electron chi connectivity index (χ1n) is 13.8. The van der Waals surface area contributed by atoms with Crippen LogP contribution < -0.4 is 5.32 Å². The molecule has 2 amide bonds. The van der Waals surface area contributed by atoms with E-state index in [9.17, 15) is 42.4 Å². The van der Waals surface area contributed by atoms with Crippen molar-refractivity contribution in [2.75, 3.05) is 0 Å². The number of nitrogens with one attached hydrogen (secondary N) is 1. The first kappa shape index (κ1) is 35.8. The Bertz CT molecular complexity index is 860. The van der Waals surface area contributed by atoms with Crippen LogP contribution in [-0.2, 0) is 24.5 Å². The molecule has 0 spiro atoms. The fourth-order valence-electron chi connectivity index (χ4n) is 5.14. The molecule has 0 heterocycles. The standard InChI is InChI=1S/C26H47NO10S/c1-3-5-6-7-8-9-10-11-12-13-14-15-16-17-18-19-20-26(23(31)32,38(35,36)37)25(4-2,22(29)30)21(28)27-24(33)34/h3-20H2,1-2H3,(H,27,28)(H,29,30)(H,31,32)(H,33,34)(H,35,36,37). The lowest BCUT2D eigenvalue weighted by atomic mass is 9.69. The van der Waals surface area contributed by atoms with E-state index in [1.54, 1.807) is 0 Å². The molecular weight excluding hydrogens is 518 g/mol. The molecule has 38 heavy (non-hydrogen) atoms. The second kappa shape index (κ2) is 18.1. The lowest BCUT2D eigenvalue weighted by Gasteiger charge is -2.40. The van der Waals surface area contributed by atoms with Gasteiger partial charge in [-0.05, 0) is 12.8 Å². The Kier molecular flexibility index (Phi) is 17.1. The molecule has 0 saturated heterocycles. The second-order valence-corrected chi connectivity index (χ2v) is 11.6. The first-order valence-corrected chi connectivity index (χ1v) is 15.3. The van der Waals surface area contributed by atoms with Crippen LogP contribution in [0.5, 0.6) is 0 Å². The Hall–Kier alpha value is -2.21. The molecule has 2 unspecified atom stereocenters. The van der Waals surface area contributed by atoms with Gasteiger partial charge in [-0.2, -0.15) is 8.42 Å². The molecule has 0 aromatic carbocycles. The van der Waals surface area contributed by atoms with Crippen molar-refractivity contribution in [3.05, 3.63) is 0 Å². The zero-order valence-electron chi connectivity index (χ0n) is 22.9. The van der Waals surface area contributed by atoms with Gasteiger partial charge in [0.05, 0.1) is 0 Å². The van der Waals surface area contributed by atoms with E-state index in [0.29, 0.717) is 12.8 Å². The summed E-state index contributed by atoms with van der Waals surface area (Å²) in [5.74, 6) is -6.22. The van der Waals surface area contributed by atoms with Crippen LogP contribution in [0.25, 0.3) is 0 Å². The predicted octanol–water partition coefficient (Wildman–Crippen LogP) is 5.62. The van der Waals surface area contributed by atoms with Crippen molar-refractivity contribution in [3.63, 3.8) is 0 Å². The van der Waals surface area contributed by atoms with E-state index >= 15 is 0 Å². The van der Waals surface area contributed by atoms with Crippen LogP contribution in [0, 0.1) is 5.41 Å². The number of carbonyl (C=O) groups excluding carboxylic acids is 1. The quantitative estimate of drug-likeness (QED) is 0.0588. The van der Waals surface area contributed by atoms with E-state index in [1.165, 1.54) is 63.1 Å². The summed E-state index contributed by atoms with van der Waals surface area (Å²) >= 11 is 0. The van der Waals surface area contributed by atoms with Gasteiger partial charge >= 0.3 is 18.0 Å². The maximum Gasteiger partial charge on any atom is 0.411 e. The van der Waals surface area contributed by atoms with Crippen molar-refractivity contribution < 1.29 is 47.5 Å². The summed E-state index contributed by atoms with van der Waals surface area (Å²) in [5, 5.41) is 29.8. The zero-order chi connectivity index (χ0) is 29.2. The van der Waals surface area contributed by atoms with Crippen molar-refractivity contribution >= 4 is 34.1 Å². The van der Waals surface area contributed by atoms with Gasteiger partial charge in [0.15, 0.2) is 5.41 Å². The number of carbonyl (C=O) groups is 4. The molecule has 12 heteroatoms. The molecule has 222 valence electrons. The molecule has 0 aliphatic carbocycles. The molecule has 0 saturated carbocycles. The number of hydrogen-bond acceptors (Lipinski definition) is 6. The molecule has 0 aromatic heterocycles. The van der Waals surface area contributed by atoms with Gasteiger partial charge < -0.3 is 15.3 Å². The Morgan fingerprint density at radius 3 is 1.26 bits per heavy atom. The van der Waals surface area contributed by atoms with Crippen LogP contribution in [0.4, 0.5) is 4.79 Å². The Balaban J connectivity index is 4.86. The third-order valence-electron chi connectivity index (χ3n) is 7.36. The van der Waals surface area contributed by atoms with Crippen LogP contribution in [0.1, 0.15) is 129 Å². The highest BCUT2D eigenvalue weighted by Crippen LogP contribution is 2.45. The minimum absolute atomic E-state index is 0.0975. The molecule has 0 radical (unpaired) electrons. The van der Waals surface area contributed by atoms with E-state index in [0.717, 1.165) is 32.6 Å². The monoisotopic (exact) mass is 565 g/mol. The van der Waals surface area contributed by atoms with Crippen molar-refractivity contribution in [1.29, 1.82) is 0 Å². The number of carboxylic acid groups (broad SMARTS) is 3. The molecule has 0 aliphatic rings. The molecule has 5 N–H and O–H groups in total. The average molecular weight is 566 g/mol. The average Bonchev–Trinajstić information content (AvgIpc) is 2.81. The van der Waals surface area contributed by atoms with Gasteiger partial charge in [-0.25, -0.2) is 4.79 Å². The summed E-state index contributed by atoms with van der Waals surface area (Å²) in [7, 11) is -5.68. The molecule has 0 rings (SSSR count). The van der Waals surface area contributed by atoms with Crippen LogP contribution in [0.3, 0.4) is 0 Å². The Labute approximate surface area is 226 Å². The van der Waals surface area contributed by atoms with Crippen LogP contribution >= 0.6 is 0 Å². The van der Waals surface area contributed by atoms with Crippen molar-refractivity contribution in [1.82, 2.24) is 5.32 Å². The van der Waals surface area contributed by atoms with Crippen LogP contribution in [0.2, 0.25) is 0 Å². The number of carboxylic acids is 2. The van der Waals surface area contributed by atoms with E-state index in [2.05, 4.69) is 6.92 Å². The highest BCUT2D eigenvalue weighted by Gasteiger charge is 2.72. The number of aliphatic carboxylic acids is 2. The van der Waals surface area contributed by atoms with Crippen molar-refractivity contribution in [2.24, 2.45) is 5.41 Å². The van der Waals surface area contributed by atoms with Gasteiger partial charge in [-0.1, -0.05) is 117 Å². The Morgan fingerprint density at radius 2 is 1.00 bits per heavy atom. The fourth-order valence-corrected chi connectivity index (χ4v) is 6.53. The number of hydrogen-bond donors (Lipinski definition) is 5. The molecule has 0 fully saturated rings. The molecule has 0 bridgehead atoms. The number of amides is 2. The third-order valence-corrected chi connectivity index (χ3v) is 8.97. The van der Waals surface area contributed by atoms with Gasteiger partial charge in [0.2, 0.25) is 10.7 Å². The van der Waals surface area contributed by atoms with Gasteiger partial charge in [0.1, 0.15) is 0 Å². The molecule has 0 aliphatic heterocycles. The van der Waals surface area contributed by atoms with Crippen molar-refractivity contribution in [3.8, 4) is 0 Å². The highest BCUT2D eigenvalue weighted by atomic mass is 32.2. The summed E-state index contributed by atoms with van der Waals surface area (Å²) in [5.41, 5.74) is -3.26. The molecule has 11 nitrogen and oxygen atoms in total. The number of rotatable bonds is 23. The largest absolute Gasteiger partial charge is 0.480 e.